The standard InChI is InChI=1S/C19H14ClN3O/c1-12-4-2-3-5-15(12)16-10-11-21-18-17(16)19(24)23(22-18)14-8-6-13(20)7-9-14/h2-11H,1H3,(H,21,22). The van der Waals surface area contributed by atoms with Crippen LogP contribution in [0.1, 0.15) is 5.56 Å². The van der Waals surface area contributed by atoms with Crippen LogP contribution in [-0.4, -0.2) is 14.8 Å². The van der Waals surface area contributed by atoms with Gasteiger partial charge in [0.15, 0.2) is 5.65 Å². The number of halogens is 1. The van der Waals surface area contributed by atoms with Crippen LogP contribution in [0.5, 0.6) is 0 Å². The summed E-state index contributed by atoms with van der Waals surface area (Å²) in [5, 5.41) is 4.29. The summed E-state index contributed by atoms with van der Waals surface area (Å²) in [6, 6.07) is 17.0. The fourth-order valence-corrected chi connectivity index (χ4v) is 3.03. The Balaban J connectivity index is 2.01. The number of H-pyrrole nitrogens is 1. The van der Waals surface area contributed by atoms with Gasteiger partial charge in [0.25, 0.3) is 5.56 Å². The number of aryl methyl sites for hydroxylation is 1. The number of hydrogen-bond donors (Lipinski definition) is 1. The Morgan fingerprint density at radius 2 is 1.75 bits per heavy atom. The molecule has 0 bridgehead atoms. The Hall–Kier alpha value is -2.85. The van der Waals surface area contributed by atoms with E-state index in [1.54, 1.807) is 30.5 Å². The molecule has 0 fully saturated rings. The van der Waals surface area contributed by atoms with Crippen molar-refractivity contribution in [1.29, 1.82) is 0 Å². The zero-order valence-electron chi connectivity index (χ0n) is 13.0. The minimum absolute atomic E-state index is 0.126. The lowest BCUT2D eigenvalue weighted by Gasteiger charge is -2.05. The molecule has 0 saturated heterocycles. The van der Waals surface area contributed by atoms with Crippen LogP contribution < -0.4 is 5.56 Å². The average Bonchev–Trinajstić information content (AvgIpc) is 2.93. The van der Waals surface area contributed by atoms with Crippen LogP contribution in [0.15, 0.2) is 65.6 Å². The Kier molecular flexibility index (Phi) is 3.47. The number of benzene rings is 2. The molecule has 0 aliphatic carbocycles. The van der Waals surface area contributed by atoms with Gasteiger partial charge in [0.05, 0.1) is 11.1 Å². The molecule has 118 valence electrons. The molecule has 0 saturated carbocycles. The van der Waals surface area contributed by atoms with Crippen LogP contribution in [0.4, 0.5) is 0 Å². The monoisotopic (exact) mass is 335 g/mol. The molecule has 4 nitrogen and oxygen atoms in total. The van der Waals surface area contributed by atoms with Gasteiger partial charge < -0.3 is 0 Å². The van der Waals surface area contributed by atoms with Gasteiger partial charge in [-0.2, -0.15) is 0 Å². The van der Waals surface area contributed by atoms with Gasteiger partial charge in [-0.25, -0.2) is 9.67 Å². The summed E-state index contributed by atoms with van der Waals surface area (Å²) < 4.78 is 1.50. The predicted molar refractivity (Wildman–Crippen MR) is 96.9 cm³/mol. The van der Waals surface area contributed by atoms with E-state index in [9.17, 15) is 4.79 Å². The zero-order valence-corrected chi connectivity index (χ0v) is 13.7. The highest BCUT2D eigenvalue weighted by Crippen LogP contribution is 2.27. The minimum atomic E-state index is -0.126. The van der Waals surface area contributed by atoms with Crippen LogP contribution in [0.25, 0.3) is 27.8 Å². The molecule has 0 unspecified atom stereocenters. The number of fused-ring (bicyclic) bond motifs is 1. The number of pyridine rings is 1. The van der Waals surface area contributed by atoms with Crippen molar-refractivity contribution in [3.8, 4) is 16.8 Å². The summed E-state index contributed by atoms with van der Waals surface area (Å²) in [7, 11) is 0. The smallest absolute Gasteiger partial charge is 0.274 e. The lowest BCUT2D eigenvalue weighted by molar-refractivity contribution is 0.858. The molecule has 2 heterocycles. The summed E-state index contributed by atoms with van der Waals surface area (Å²) in [5.41, 5.74) is 4.19. The third kappa shape index (κ3) is 2.32. The molecule has 0 amide bonds. The first-order valence-corrected chi connectivity index (χ1v) is 7.94. The Morgan fingerprint density at radius 3 is 2.50 bits per heavy atom. The van der Waals surface area contributed by atoms with Gasteiger partial charge in [-0.1, -0.05) is 35.9 Å². The van der Waals surface area contributed by atoms with Gasteiger partial charge in [-0.15, -0.1) is 0 Å². The molecule has 0 spiro atoms. The quantitative estimate of drug-likeness (QED) is 0.592. The number of nitrogens with one attached hydrogen (secondary N) is 1. The maximum atomic E-state index is 13.0. The molecule has 4 aromatic rings. The van der Waals surface area contributed by atoms with Crippen LogP contribution >= 0.6 is 11.6 Å². The summed E-state index contributed by atoms with van der Waals surface area (Å²) in [6.07, 6.45) is 1.71. The van der Waals surface area contributed by atoms with Crippen molar-refractivity contribution in [2.75, 3.05) is 0 Å². The maximum Gasteiger partial charge on any atom is 0.281 e. The van der Waals surface area contributed by atoms with Crippen molar-refractivity contribution in [2.24, 2.45) is 0 Å². The van der Waals surface area contributed by atoms with E-state index in [4.69, 9.17) is 11.6 Å². The second-order valence-electron chi connectivity index (χ2n) is 5.63. The van der Waals surface area contributed by atoms with Crippen LogP contribution in [0.3, 0.4) is 0 Å². The second kappa shape index (κ2) is 5.65. The molecule has 2 aromatic heterocycles. The van der Waals surface area contributed by atoms with Crippen molar-refractivity contribution in [1.82, 2.24) is 14.8 Å². The molecule has 2 aromatic carbocycles. The van der Waals surface area contributed by atoms with Crippen LogP contribution in [-0.2, 0) is 0 Å². The zero-order chi connectivity index (χ0) is 16.7. The molecular formula is C19H14ClN3O. The van der Waals surface area contributed by atoms with Gasteiger partial charge in [0.2, 0.25) is 0 Å². The average molecular weight is 336 g/mol. The van der Waals surface area contributed by atoms with Crippen molar-refractivity contribution in [3.05, 3.63) is 81.7 Å². The maximum absolute atomic E-state index is 13.0. The van der Waals surface area contributed by atoms with Gasteiger partial charge in [0, 0.05) is 16.8 Å². The number of aromatic amines is 1. The third-order valence-corrected chi connectivity index (χ3v) is 4.36. The molecule has 0 aliphatic rings. The molecule has 24 heavy (non-hydrogen) atoms. The Labute approximate surface area is 143 Å². The van der Waals surface area contributed by atoms with Crippen molar-refractivity contribution >= 4 is 22.6 Å². The normalized spacial score (nSPS) is 11.1. The van der Waals surface area contributed by atoms with Crippen molar-refractivity contribution < 1.29 is 0 Å². The fraction of sp³-hybridized carbons (Fsp3) is 0.0526. The van der Waals surface area contributed by atoms with E-state index in [1.807, 2.05) is 37.3 Å². The van der Waals surface area contributed by atoms with Crippen LogP contribution in [0.2, 0.25) is 5.02 Å². The summed E-state index contributed by atoms with van der Waals surface area (Å²) in [5.74, 6) is 0. The molecule has 0 radical (unpaired) electrons. The minimum Gasteiger partial charge on any atom is -0.274 e. The van der Waals surface area contributed by atoms with E-state index in [2.05, 4.69) is 10.1 Å². The first-order chi connectivity index (χ1) is 11.6. The first kappa shape index (κ1) is 14.7. The SMILES string of the molecule is Cc1ccccc1-c1ccnc2[nH]n(-c3ccc(Cl)cc3)c(=O)c12. The number of nitrogens with zero attached hydrogens (tertiary/aromatic N) is 2. The first-order valence-electron chi connectivity index (χ1n) is 7.57. The molecule has 5 heteroatoms. The Bertz CT molecular complexity index is 1090. The van der Waals surface area contributed by atoms with Gasteiger partial charge in [0.1, 0.15) is 0 Å². The second-order valence-corrected chi connectivity index (χ2v) is 6.06. The highest BCUT2D eigenvalue weighted by Gasteiger charge is 2.15. The van der Waals surface area contributed by atoms with Gasteiger partial charge in [-0.05, 0) is 48.4 Å². The fourth-order valence-electron chi connectivity index (χ4n) is 2.90. The summed E-state index contributed by atoms with van der Waals surface area (Å²) in [4.78, 5) is 17.3. The van der Waals surface area contributed by atoms with E-state index in [-0.39, 0.29) is 5.56 Å². The lowest BCUT2D eigenvalue weighted by atomic mass is 9.99. The summed E-state index contributed by atoms with van der Waals surface area (Å²) >= 11 is 5.93. The van der Waals surface area contributed by atoms with E-state index in [0.717, 1.165) is 22.4 Å². The van der Waals surface area contributed by atoms with E-state index in [0.29, 0.717) is 16.1 Å². The Morgan fingerprint density at radius 1 is 1.00 bits per heavy atom. The van der Waals surface area contributed by atoms with Gasteiger partial charge >= 0.3 is 0 Å². The molecular weight excluding hydrogens is 322 g/mol. The van der Waals surface area contributed by atoms with Crippen LogP contribution in [0, 0.1) is 6.92 Å². The topological polar surface area (TPSA) is 50.7 Å². The lowest BCUT2D eigenvalue weighted by Crippen LogP contribution is -2.14. The summed E-state index contributed by atoms with van der Waals surface area (Å²) in [6.45, 7) is 2.03. The molecule has 4 rings (SSSR count). The number of hydrogen-bond acceptors (Lipinski definition) is 2. The third-order valence-electron chi connectivity index (χ3n) is 4.11. The molecule has 0 aliphatic heterocycles. The van der Waals surface area contributed by atoms with Crippen molar-refractivity contribution in [2.45, 2.75) is 6.92 Å². The van der Waals surface area contributed by atoms with Gasteiger partial charge in [-0.3, -0.25) is 9.89 Å². The highest BCUT2D eigenvalue weighted by molar-refractivity contribution is 6.30. The van der Waals surface area contributed by atoms with E-state index >= 15 is 0 Å². The van der Waals surface area contributed by atoms with E-state index in [1.165, 1.54) is 4.68 Å². The largest absolute Gasteiger partial charge is 0.281 e. The molecule has 0 atom stereocenters. The van der Waals surface area contributed by atoms with E-state index < -0.39 is 0 Å². The number of aromatic nitrogens is 3. The molecule has 1 N–H and O–H groups in total. The number of rotatable bonds is 2. The van der Waals surface area contributed by atoms with Crippen molar-refractivity contribution in [3.63, 3.8) is 0 Å². The highest BCUT2D eigenvalue weighted by atomic mass is 35.5. The predicted octanol–water partition coefficient (Wildman–Crippen LogP) is 4.34.